The number of aryl methyl sites for hydroxylation is 1. The molecule has 0 aliphatic heterocycles. The predicted molar refractivity (Wildman–Crippen MR) is 53.2 cm³/mol. The molecule has 0 spiro atoms. The van der Waals surface area contributed by atoms with E-state index in [-0.39, 0.29) is 5.69 Å². The van der Waals surface area contributed by atoms with Gasteiger partial charge in [0.25, 0.3) is 0 Å². The standard InChI is InChI=1S/C10H13N3O2/c1-10(2,7-11)4-6-13-8(9(14)15)3-5-12-13/h3,5H,4,6H2,1-2H3,(H,14,15). The van der Waals surface area contributed by atoms with Crippen molar-refractivity contribution in [2.24, 2.45) is 5.41 Å². The maximum atomic E-state index is 10.8. The number of carboxylic acid groups (broad SMARTS) is 1. The normalized spacial score (nSPS) is 11.0. The number of hydrogen-bond donors (Lipinski definition) is 1. The molecular formula is C10H13N3O2. The molecule has 0 radical (unpaired) electrons. The van der Waals surface area contributed by atoms with E-state index >= 15 is 0 Å². The van der Waals surface area contributed by atoms with Crippen molar-refractivity contribution in [2.45, 2.75) is 26.8 Å². The second kappa shape index (κ2) is 4.13. The molecule has 1 heterocycles. The van der Waals surface area contributed by atoms with Crippen LogP contribution in [-0.4, -0.2) is 20.9 Å². The lowest BCUT2D eigenvalue weighted by molar-refractivity contribution is 0.0682. The van der Waals surface area contributed by atoms with E-state index in [0.717, 1.165) is 0 Å². The third-order valence-electron chi connectivity index (χ3n) is 2.19. The monoisotopic (exact) mass is 207 g/mol. The zero-order valence-corrected chi connectivity index (χ0v) is 8.77. The van der Waals surface area contributed by atoms with Crippen LogP contribution in [0.1, 0.15) is 30.8 Å². The minimum absolute atomic E-state index is 0.156. The number of carboxylic acids is 1. The van der Waals surface area contributed by atoms with Gasteiger partial charge in [0, 0.05) is 12.7 Å². The van der Waals surface area contributed by atoms with Gasteiger partial charge in [0.15, 0.2) is 0 Å². The van der Waals surface area contributed by atoms with Crippen LogP contribution >= 0.6 is 0 Å². The summed E-state index contributed by atoms with van der Waals surface area (Å²) in [5.41, 5.74) is -0.300. The van der Waals surface area contributed by atoms with E-state index in [9.17, 15) is 4.79 Å². The van der Waals surface area contributed by atoms with Crippen LogP contribution in [0.4, 0.5) is 0 Å². The van der Waals surface area contributed by atoms with Crippen LogP contribution in [0.25, 0.3) is 0 Å². The summed E-state index contributed by atoms with van der Waals surface area (Å²) in [6.07, 6.45) is 2.02. The van der Waals surface area contributed by atoms with Crippen molar-refractivity contribution in [3.63, 3.8) is 0 Å². The van der Waals surface area contributed by atoms with Crippen molar-refractivity contribution < 1.29 is 9.90 Å². The third kappa shape index (κ3) is 2.81. The zero-order valence-electron chi connectivity index (χ0n) is 8.77. The number of nitriles is 1. The minimum Gasteiger partial charge on any atom is -0.477 e. The summed E-state index contributed by atoms with van der Waals surface area (Å²) in [4.78, 5) is 10.8. The molecule has 0 atom stereocenters. The Morgan fingerprint density at radius 2 is 2.40 bits per heavy atom. The molecule has 80 valence electrons. The van der Waals surface area contributed by atoms with Crippen molar-refractivity contribution in [2.75, 3.05) is 0 Å². The highest BCUT2D eigenvalue weighted by Crippen LogP contribution is 2.19. The van der Waals surface area contributed by atoms with Gasteiger partial charge in [0.05, 0.1) is 11.5 Å². The number of hydrogen-bond acceptors (Lipinski definition) is 3. The molecule has 0 bridgehead atoms. The highest BCUT2D eigenvalue weighted by molar-refractivity contribution is 5.85. The molecule has 5 heteroatoms. The van der Waals surface area contributed by atoms with Gasteiger partial charge in [-0.1, -0.05) is 0 Å². The summed E-state index contributed by atoms with van der Waals surface area (Å²) in [7, 11) is 0. The molecule has 1 rings (SSSR count). The molecule has 0 saturated heterocycles. The second-order valence-electron chi connectivity index (χ2n) is 3.99. The van der Waals surface area contributed by atoms with Crippen LogP contribution in [-0.2, 0) is 6.54 Å². The van der Waals surface area contributed by atoms with Gasteiger partial charge >= 0.3 is 5.97 Å². The van der Waals surface area contributed by atoms with Gasteiger partial charge in [-0.25, -0.2) is 4.79 Å². The van der Waals surface area contributed by atoms with Gasteiger partial charge in [-0.15, -0.1) is 0 Å². The SMILES string of the molecule is CC(C)(C#N)CCn1nccc1C(=O)O. The first-order valence-corrected chi connectivity index (χ1v) is 4.62. The van der Waals surface area contributed by atoms with Crippen LogP contribution in [0.5, 0.6) is 0 Å². The Morgan fingerprint density at radius 1 is 1.73 bits per heavy atom. The van der Waals surface area contributed by atoms with Crippen molar-refractivity contribution in [3.8, 4) is 6.07 Å². The first-order valence-electron chi connectivity index (χ1n) is 4.62. The van der Waals surface area contributed by atoms with E-state index in [1.807, 2.05) is 13.8 Å². The van der Waals surface area contributed by atoms with Crippen LogP contribution in [0.15, 0.2) is 12.3 Å². The maximum Gasteiger partial charge on any atom is 0.354 e. The van der Waals surface area contributed by atoms with Gasteiger partial charge < -0.3 is 5.11 Å². The summed E-state index contributed by atoms with van der Waals surface area (Å²) in [5, 5.41) is 21.5. The molecule has 0 aliphatic rings. The number of aromatic nitrogens is 2. The van der Waals surface area contributed by atoms with Crippen LogP contribution in [0.3, 0.4) is 0 Å². The van der Waals surface area contributed by atoms with E-state index in [4.69, 9.17) is 10.4 Å². The molecule has 0 unspecified atom stereocenters. The highest BCUT2D eigenvalue weighted by atomic mass is 16.4. The van der Waals surface area contributed by atoms with Gasteiger partial charge in [-0.2, -0.15) is 10.4 Å². The molecule has 0 saturated carbocycles. The van der Waals surface area contributed by atoms with Crippen molar-refractivity contribution >= 4 is 5.97 Å². The molecule has 1 aromatic rings. The topological polar surface area (TPSA) is 78.9 Å². The lowest BCUT2D eigenvalue weighted by Crippen LogP contribution is -2.16. The van der Waals surface area contributed by atoms with Crippen LogP contribution in [0.2, 0.25) is 0 Å². The smallest absolute Gasteiger partial charge is 0.354 e. The van der Waals surface area contributed by atoms with E-state index in [2.05, 4.69) is 11.2 Å². The summed E-state index contributed by atoms with van der Waals surface area (Å²) < 4.78 is 1.40. The average molecular weight is 207 g/mol. The number of aromatic carboxylic acids is 1. The molecule has 0 aromatic carbocycles. The fraction of sp³-hybridized carbons (Fsp3) is 0.500. The zero-order chi connectivity index (χ0) is 11.5. The quantitative estimate of drug-likeness (QED) is 0.811. The number of rotatable bonds is 4. The van der Waals surface area contributed by atoms with Gasteiger partial charge in [0.2, 0.25) is 0 Å². The largest absolute Gasteiger partial charge is 0.477 e. The molecule has 0 aliphatic carbocycles. The average Bonchev–Trinajstić information content (AvgIpc) is 2.63. The molecule has 1 aromatic heterocycles. The Kier molecular flexibility index (Phi) is 3.10. The van der Waals surface area contributed by atoms with E-state index < -0.39 is 11.4 Å². The first kappa shape index (κ1) is 11.2. The maximum absolute atomic E-state index is 10.8. The lowest BCUT2D eigenvalue weighted by atomic mass is 9.91. The Hall–Kier alpha value is -1.83. The van der Waals surface area contributed by atoms with Crippen LogP contribution in [0, 0.1) is 16.7 Å². The summed E-state index contributed by atoms with van der Waals surface area (Å²) >= 11 is 0. The summed E-state index contributed by atoms with van der Waals surface area (Å²) in [5.74, 6) is -0.998. The first-order chi connectivity index (χ1) is 6.96. The Labute approximate surface area is 87.9 Å². The van der Waals surface area contributed by atoms with Crippen molar-refractivity contribution in [3.05, 3.63) is 18.0 Å². The molecule has 0 amide bonds. The molecule has 1 N–H and O–H groups in total. The van der Waals surface area contributed by atoms with Gasteiger partial charge in [-0.3, -0.25) is 4.68 Å². The Balaban J connectivity index is 2.71. The second-order valence-corrected chi connectivity index (χ2v) is 3.99. The van der Waals surface area contributed by atoms with Crippen molar-refractivity contribution in [1.29, 1.82) is 5.26 Å². The molecule has 5 nitrogen and oxygen atoms in total. The Morgan fingerprint density at radius 3 is 2.93 bits per heavy atom. The number of nitrogens with zero attached hydrogens (tertiary/aromatic N) is 3. The van der Waals surface area contributed by atoms with Crippen molar-refractivity contribution in [1.82, 2.24) is 9.78 Å². The number of carbonyl (C=O) groups is 1. The van der Waals surface area contributed by atoms with E-state index in [1.54, 1.807) is 0 Å². The predicted octanol–water partition coefficient (Wildman–Crippen LogP) is 1.52. The lowest BCUT2D eigenvalue weighted by Gasteiger charge is -2.14. The fourth-order valence-corrected chi connectivity index (χ4v) is 1.13. The van der Waals surface area contributed by atoms with Crippen LogP contribution < -0.4 is 0 Å². The summed E-state index contributed by atoms with van der Waals surface area (Å²) in [6.45, 7) is 4.07. The van der Waals surface area contributed by atoms with E-state index in [1.165, 1.54) is 16.9 Å². The van der Waals surface area contributed by atoms with Gasteiger partial charge in [0.1, 0.15) is 5.69 Å². The minimum atomic E-state index is -0.998. The fourth-order valence-electron chi connectivity index (χ4n) is 1.13. The highest BCUT2D eigenvalue weighted by Gasteiger charge is 2.18. The van der Waals surface area contributed by atoms with E-state index in [0.29, 0.717) is 13.0 Å². The molecule has 15 heavy (non-hydrogen) atoms. The third-order valence-corrected chi connectivity index (χ3v) is 2.19. The summed E-state index contributed by atoms with van der Waals surface area (Å²) in [6, 6.07) is 3.61. The molecule has 0 fully saturated rings. The Bertz CT molecular complexity index is 401. The molecular weight excluding hydrogens is 194 g/mol. The van der Waals surface area contributed by atoms with Gasteiger partial charge in [-0.05, 0) is 26.3 Å².